The van der Waals surface area contributed by atoms with Crippen LogP contribution in [0.1, 0.15) is 43.5 Å². The standard InChI is InChI=1S/C17H24ClN3O/c1-12(2)6-9-21-10-7-17(8-11-21)19-14-5-3-4-13(18)15(14)16(22)20-17/h3-5,12,19H,6-11H2,1-2H3,(H,20,22). The van der Waals surface area contributed by atoms with Crippen LogP contribution in [-0.2, 0) is 0 Å². The molecule has 1 aromatic rings. The Balaban J connectivity index is 1.69. The van der Waals surface area contributed by atoms with Crippen molar-refractivity contribution in [1.29, 1.82) is 0 Å². The molecule has 4 nitrogen and oxygen atoms in total. The van der Waals surface area contributed by atoms with Crippen LogP contribution < -0.4 is 10.6 Å². The summed E-state index contributed by atoms with van der Waals surface area (Å²) in [6.07, 6.45) is 3.07. The summed E-state index contributed by atoms with van der Waals surface area (Å²) in [5.41, 5.74) is 1.10. The van der Waals surface area contributed by atoms with Gasteiger partial charge in [-0.1, -0.05) is 31.5 Å². The number of hydrogen-bond acceptors (Lipinski definition) is 3. The van der Waals surface area contributed by atoms with Crippen molar-refractivity contribution in [3.63, 3.8) is 0 Å². The smallest absolute Gasteiger partial charge is 0.256 e. The fourth-order valence-corrected chi connectivity index (χ4v) is 3.54. The maximum absolute atomic E-state index is 12.4. The molecule has 5 heteroatoms. The molecular formula is C17H24ClN3O. The van der Waals surface area contributed by atoms with Crippen LogP contribution in [0.3, 0.4) is 0 Å². The zero-order chi connectivity index (χ0) is 15.7. The molecule has 1 aromatic carbocycles. The highest BCUT2D eigenvalue weighted by Crippen LogP contribution is 2.34. The summed E-state index contributed by atoms with van der Waals surface area (Å²) in [4.78, 5) is 14.9. The van der Waals surface area contributed by atoms with Gasteiger partial charge in [0, 0.05) is 25.9 Å². The third-order valence-electron chi connectivity index (χ3n) is 4.70. The molecular weight excluding hydrogens is 298 g/mol. The molecule has 2 heterocycles. The minimum atomic E-state index is -0.316. The summed E-state index contributed by atoms with van der Waals surface area (Å²) in [5, 5.41) is 7.19. The van der Waals surface area contributed by atoms with Gasteiger partial charge >= 0.3 is 0 Å². The maximum atomic E-state index is 12.4. The van der Waals surface area contributed by atoms with Crippen LogP contribution in [0.2, 0.25) is 5.02 Å². The van der Waals surface area contributed by atoms with Crippen molar-refractivity contribution in [1.82, 2.24) is 10.2 Å². The number of nitrogens with one attached hydrogen (secondary N) is 2. The Morgan fingerprint density at radius 2 is 2.00 bits per heavy atom. The van der Waals surface area contributed by atoms with E-state index in [2.05, 4.69) is 29.4 Å². The van der Waals surface area contributed by atoms with Crippen molar-refractivity contribution in [2.45, 2.75) is 38.8 Å². The number of rotatable bonds is 3. The Labute approximate surface area is 137 Å². The van der Waals surface area contributed by atoms with Gasteiger partial charge in [-0.05, 0) is 31.0 Å². The zero-order valence-electron chi connectivity index (χ0n) is 13.3. The van der Waals surface area contributed by atoms with E-state index in [4.69, 9.17) is 11.6 Å². The number of halogens is 1. The molecule has 0 bridgehead atoms. The van der Waals surface area contributed by atoms with E-state index >= 15 is 0 Å². The van der Waals surface area contributed by atoms with E-state index in [1.807, 2.05) is 12.1 Å². The van der Waals surface area contributed by atoms with Crippen LogP contribution in [0.4, 0.5) is 5.69 Å². The van der Waals surface area contributed by atoms with Crippen molar-refractivity contribution >= 4 is 23.2 Å². The highest BCUT2D eigenvalue weighted by molar-refractivity contribution is 6.34. The lowest BCUT2D eigenvalue weighted by Crippen LogP contribution is -2.62. The summed E-state index contributed by atoms with van der Waals surface area (Å²) in [6.45, 7) is 7.68. The number of amides is 1. The Morgan fingerprint density at radius 1 is 1.27 bits per heavy atom. The number of anilines is 1. The second-order valence-corrected chi connectivity index (χ2v) is 7.25. The minimum absolute atomic E-state index is 0.0602. The Kier molecular flexibility index (Phi) is 4.33. The molecule has 0 aliphatic carbocycles. The molecule has 0 unspecified atom stereocenters. The van der Waals surface area contributed by atoms with E-state index in [-0.39, 0.29) is 11.6 Å². The largest absolute Gasteiger partial charge is 0.362 e. The molecule has 2 N–H and O–H groups in total. The number of fused-ring (bicyclic) bond motifs is 1. The molecule has 0 aromatic heterocycles. The van der Waals surface area contributed by atoms with Gasteiger partial charge in [0.05, 0.1) is 16.3 Å². The molecule has 0 atom stereocenters. The topological polar surface area (TPSA) is 44.4 Å². The molecule has 2 aliphatic heterocycles. The first kappa shape index (κ1) is 15.6. The number of likely N-dealkylation sites (tertiary alicyclic amines) is 1. The highest BCUT2D eigenvalue weighted by Gasteiger charge is 2.40. The minimum Gasteiger partial charge on any atom is -0.362 e. The van der Waals surface area contributed by atoms with Crippen molar-refractivity contribution in [2.24, 2.45) is 5.92 Å². The van der Waals surface area contributed by atoms with Crippen LogP contribution >= 0.6 is 11.6 Å². The number of benzene rings is 1. The molecule has 22 heavy (non-hydrogen) atoms. The molecule has 120 valence electrons. The van der Waals surface area contributed by atoms with Gasteiger partial charge in [0.2, 0.25) is 0 Å². The summed E-state index contributed by atoms with van der Waals surface area (Å²) in [6, 6.07) is 5.58. The molecule has 1 spiro atoms. The summed E-state index contributed by atoms with van der Waals surface area (Å²) < 4.78 is 0. The molecule has 0 radical (unpaired) electrons. The van der Waals surface area contributed by atoms with Gasteiger partial charge in [-0.3, -0.25) is 4.79 Å². The predicted octanol–water partition coefficient (Wildman–Crippen LogP) is 3.33. The van der Waals surface area contributed by atoms with Crippen molar-refractivity contribution in [3.05, 3.63) is 28.8 Å². The Bertz CT molecular complexity index is 565. The average molecular weight is 322 g/mol. The van der Waals surface area contributed by atoms with Crippen LogP contribution in [0, 0.1) is 5.92 Å². The van der Waals surface area contributed by atoms with E-state index in [1.54, 1.807) is 6.07 Å². The SMILES string of the molecule is CC(C)CCN1CCC2(CC1)NC(=O)c1c(Cl)cccc1N2. The Morgan fingerprint density at radius 3 is 2.68 bits per heavy atom. The third kappa shape index (κ3) is 3.08. The second-order valence-electron chi connectivity index (χ2n) is 6.85. The first-order valence-corrected chi connectivity index (χ1v) is 8.48. The Hall–Kier alpha value is -1.26. The van der Waals surface area contributed by atoms with E-state index in [0.29, 0.717) is 10.6 Å². The number of carbonyl (C=O) groups is 1. The van der Waals surface area contributed by atoms with E-state index in [0.717, 1.165) is 44.1 Å². The first-order valence-electron chi connectivity index (χ1n) is 8.11. The van der Waals surface area contributed by atoms with Crippen LogP contribution in [-0.4, -0.2) is 36.1 Å². The molecule has 0 saturated carbocycles. The summed E-state index contributed by atoms with van der Waals surface area (Å²) in [7, 11) is 0. The summed E-state index contributed by atoms with van der Waals surface area (Å²) >= 11 is 6.15. The normalized spacial score (nSPS) is 20.6. The third-order valence-corrected chi connectivity index (χ3v) is 5.01. The van der Waals surface area contributed by atoms with Gasteiger partial charge in [0.1, 0.15) is 5.66 Å². The van der Waals surface area contributed by atoms with Gasteiger partial charge in [-0.15, -0.1) is 0 Å². The van der Waals surface area contributed by atoms with Crippen molar-refractivity contribution in [3.8, 4) is 0 Å². The van der Waals surface area contributed by atoms with Crippen LogP contribution in [0.25, 0.3) is 0 Å². The maximum Gasteiger partial charge on any atom is 0.256 e. The number of carbonyl (C=O) groups excluding carboxylic acids is 1. The monoisotopic (exact) mass is 321 g/mol. The number of nitrogens with zero attached hydrogens (tertiary/aromatic N) is 1. The van der Waals surface area contributed by atoms with Gasteiger partial charge < -0.3 is 15.5 Å². The molecule has 3 rings (SSSR count). The molecule has 1 saturated heterocycles. The quantitative estimate of drug-likeness (QED) is 0.897. The average Bonchev–Trinajstić information content (AvgIpc) is 2.46. The predicted molar refractivity (Wildman–Crippen MR) is 90.4 cm³/mol. The first-order chi connectivity index (χ1) is 10.5. The fraction of sp³-hybridized carbons (Fsp3) is 0.588. The van der Waals surface area contributed by atoms with E-state index < -0.39 is 0 Å². The van der Waals surface area contributed by atoms with Gasteiger partial charge in [0.15, 0.2) is 0 Å². The fourth-order valence-electron chi connectivity index (χ4n) is 3.28. The lowest BCUT2D eigenvalue weighted by molar-refractivity contribution is 0.0825. The van der Waals surface area contributed by atoms with E-state index in [1.165, 1.54) is 6.42 Å². The van der Waals surface area contributed by atoms with Crippen molar-refractivity contribution in [2.75, 3.05) is 25.0 Å². The van der Waals surface area contributed by atoms with Gasteiger partial charge in [-0.25, -0.2) is 0 Å². The van der Waals surface area contributed by atoms with Crippen molar-refractivity contribution < 1.29 is 4.79 Å². The summed E-state index contributed by atoms with van der Waals surface area (Å²) in [5.74, 6) is 0.674. The molecule has 2 aliphatic rings. The van der Waals surface area contributed by atoms with E-state index in [9.17, 15) is 4.79 Å². The lowest BCUT2D eigenvalue weighted by atomic mass is 9.92. The number of hydrogen-bond donors (Lipinski definition) is 2. The number of piperidine rings is 1. The highest BCUT2D eigenvalue weighted by atomic mass is 35.5. The zero-order valence-corrected chi connectivity index (χ0v) is 14.0. The second kappa shape index (κ2) is 6.09. The molecule has 1 amide bonds. The molecule has 1 fully saturated rings. The van der Waals surface area contributed by atoms with Gasteiger partial charge in [-0.2, -0.15) is 0 Å². The lowest BCUT2D eigenvalue weighted by Gasteiger charge is -2.46. The van der Waals surface area contributed by atoms with Gasteiger partial charge in [0.25, 0.3) is 5.91 Å². The van der Waals surface area contributed by atoms with Crippen LogP contribution in [0.15, 0.2) is 18.2 Å². The van der Waals surface area contributed by atoms with Crippen LogP contribution in [0.5, 0.6) is 0 Å².